The summed E-state index contributed by atoms with van der Waals surface area (Å²) in [4.78, 5) is 21.9. The van der Waals surface area contributed by atoms with Crippen molar-refractivity contribution in [2.24, 2.45) is 5.73 Å². The molecule has 2 rings (SSSR count). The smallest absolute Gasteiger partial charge is 0.323 e. The Bertz CT molecular complexity index is 641. The monoisotopic (exact) mass is 300 g/mol. The maximum Gasteiger partial charge on any atom is 0.323 e. The van der Waals surface area contributed by atoms with Crippen molar-refractivity contribution in [1.29, 1.82) is 0 Å². The molecule has 0 aromatic heterocycles. The molecule has 0 aliphatic carbocycles. The van der Waals surface area contributed by atoms with Crippen LogP contribution in [0.4, 0.5) is 5.69 Å². The Morgan fingerprint density at radius 3 is 2.32 bits per heavy atom. The Kier molecular flexibility index (Phi) is 5.21. The normalized spacial score (nSPS) is 11.7. The van der Waals surface area contributed by atoms with Gasteiger partial charge in [-0.25, -0.2) is 0 Å². The average Bonchev–Trinajstić information content (AvgIpc) is 2.53. The van der Waals surface area contributed by atoms with E-state index < -0.39 is 16.9 Å². The molecule has 0 amide bonds. The standard InChI is InChI=1S/C16H16N2O4/c17-15(10-12-4-2-1-3-5-12)16(19)22-11-13-6-8-14(9-7-13)18(20)21/h1-9,15H,10-11,17H2. The molecule has 0 spiro atoms. The van der Waals surface area contributed by atoms with Gasteiger partial charge in [0.05, 0.1) is 4.92 Å². The second-order valence-corrected chi connectivity index (χ2v) is 4.83. The SMILES string of the molecule is NC(Cc1ccccc1)C(=O)OCc1ccc([N+](=O)[O-])cc1. The van der Waals surface area contributed by atoms with Crippen molar-refractivity contribution in [3.8, 4) is 0 Å². The summed E-state index contributed by atoms with van der Waals surface area (Å²) >= 11 is 0. The van der Waals surface area contributed by atoms with Gasteiger partial charge in [0.25, 0.3) is 5.69 Å². The highest BCUT2D eigenvalue weighted by Crippen LogP contribution is 2.13. The molecule has 1 atom stereocenters. The zero-order valence-corrected chi connectivity index (χ0v) is 11.8. The number of hydrogen-bond donors (Lipinski definition) is 1. The summed E-state index contributed by atoms with van der Waals surface area (Å²) in [6, 6.07) is 14.5. The van der Waals surface area contributed by atoms with Crippen LogP contribution in [0.25, 0.3) is 0 Å². The first-order chi connectivity index (χ1) is 10.6. The van der Waals surface area contributed by atoms with Gasteiger partial charge in [-0.15, -0.1) is 0 Å². The van der Waals surface area contributed by atoms with Crippen LogP contribution in [0.2, 0.25) is 0 Å². The van der Waals surface area contributed by atoms with Crippen LogP contribution >= 0.6 is 0 Å². The van der Waals surface area contributed by atoms with Crippen molar-refractivity contribution >= 4 is 11.7 Å². The molecule has 0 aliphatic heterocycles. The van der Waals surface area contributed by atoms with E-state index in [4.69, 9.17) is 10.5 Å². The number of carbonyl (C=O) groups is 1. The molecule has 1 unspecified atom stereocenters. The Hall–Kier alpha value is -2.73. The summed E-state index contributed by atoms with van der Waals surface area (Å²) in [5, 5.41) is 10.5. The van der Waals surface area contributed by atoms with Crippen LogP contribution < -0.4 is 5.73 Å². The lowest BCUT2D eigenvalue weighted by Crippen LogP contribution is -2.34. The fourth-order valence-electron chi connectivity index (χ4n) is 1.93. The molecule has 6 heteroatoms. The van der Waals surface area contributed by atoms with Gasteiger partial charge >= 0.3 is 5.97 Å². The summed E-state index contributed by atoms with van der Waals surface area (Å²) in [6.07, 6.45) is 0.403. The Morgan fingerprint density at radius 1 is 1.09 bits per heavy atom. The molecule has 0 radical (unpaired) electrons. The summed E-state index contributed by atoms with van der Waals surface area (Å²) in [5.41, 5.74) is 7.44. The first kappa shape index (κ1) is 15.7. The molecule has 2 N–H and O–H groups in total. The van der Waals surface area contributed by atoms with E-state index in [0.29, 0.717) is 12.0 Å². The van der Waals surface area contributed by atoms with E-state index in [1.807, 2.05) is 30.3 Å². The van der Waals surface area contributed by atoms with Gasteiger partial charge in [0.2, 0.25) is 0 Å². The molecule has 6 nitrogen and oxygen atoms in total. The van der Waals surface area contributed by atoms with Crippen LogP contribution in [0.15, 0.2) is 54.6 Å². The van der Waals surface area contributed by atoms with E-state index >= 15 is 0 Å². The van der Waals surface area contributed by atoms with Crippen LogP contribution in [0.3, 0.4) is 0 Å². The van der Waals surface area contributed by atoms with E-state index in [1.54, 1.807) is 12.1 Å². The lowest BCUT2D eigenvalue weighted by atomic mass is 10.1. The minimum Gasteiger partial charge on any atom is -0.460 e. The third-order valence-electron chi connectivity index (χ3n) is 3.13. The van der Waals surface area contributed by atoms with Crippen LogP contribution in [0, 0.1) is 10.1 Å². The predicted octanol–water partition coefficient (Wildman–Crippen LogP) is 2.21. The van der Waals surface area contributed by atoms with E-state index in [9.17, 15) is 14.9 Å². The lowest BCUT2D eigenvalue weighted by Gasteiger charge is -2.11. The number of benzene rings is 2. The minimum atomic E-state index is -0.736. The first-order valence-electron chi connectivity index (χ1n) is 6.76. The molecule has 0 aliphatic rings. The number of nitro benzene ring substituents is 1. The number of carbonyl (C=O) groups excluding carboxylic acids is 1. The molecule has 0 saturated carbocycles. The molecule has 2 aromatic rings. The first-order valence-corrected chi connectivity index (χ1v) is 6.76. The van der Waals surface area contributed by atoms with Crippen LogP contribution in [-0.4, -0.2) is 16.9 Å². The van der Waals surface area contributed by atoms with Gasteiger partial charge < -0.3 is 10.5 Å². The van der Waals surface area contributed by atoms with E-state index in [2.05, 4.69) is 0 Å². The van der Waals surface area contributed by atoms with Crippen molar-refractivity contribution in [3.63, 3.8) is 0 Å². The van der Waals surface area contributed by atoms with Crippen molar-refractivity contribution < 1.29 is 14.5 Å². The molecular formula is C16H16N2O4. The molecule has 0 heterocycles. The van der Waals surface area contributed by atoms with Gasteiger partial charge in [-0.2, -0.15) is 0 Å². The second-order valence-electron chi connectivity index (χ2n) is 4.83. The largest absolute Gasteiger partial charge is 0.460 e. The lowest BCUT2D eigenvalue weighted by molar-refractivity contribution is -0.384. The predicted molar refractivity (Wildman–Crippen MR) is 81.0 cm³/mol. The Balaban J connectivity index is 1.85. The fraction of sp³-hybridized carbons (Fsp3) is 0.188. The molecule has 114 valence electrons. The third kappa shape index (κ3) is 4.39. The molecule has 0 saturated heterocycles. The molecule has 0 fully saturated rings. The van der Waals surface area contributed by atoms with Crippen molar-refractivity contribution in [3.05, 3.63) is 75.8 Å². The summed E-state index contributed by atoms with van der Waals surface area (Å²) < 4.78 is 5.13. The number of rotatable bonds is 6. The maximum atomic E-state index is 11.8. The number of esters is 1. The molecule has 0 bridgehead atoms. The molecule has 2 aromatic carbocycles. The Morgan fingerprint density at radius 2 is 1.73 bits per heavy atom. The topological polar surface area (TPSA) is 95.5 Å². The third-order valence-corrected chi connectivity index (χ3v) is 3.13. The quantitative estimate of drug-likeness (QED) is 0.501. The second kappa shape index (κ2) is 7.33. The Labute approximate surface area is 127 Å². The maximum absolute atomic E-state index is 11.8. The van der Waals surface area contributed by atoms with Gasteiger partial charge in [0.15, 0.2) is 0 Å². The van der Waals surface area contributed by atoms with Gasteiger partial charge in [0.1, 0.15) is 12.6 Å². The number of nitrogens with two attached hydrogens (primary N) is 1. The molecular weight excluding hydrogens is 284 g/mol. The average molecular weight is 300 g/mol. The molecule has 22 heavy (non-hydrogen) atoms. The highest BCUT2D eigenvalue weighted by Gasteiger charge is 2.15. The van der Waals surface area contributed by atoms with Crippen molar-refractivity contribution in [2.45, 2.75) is 19.1 Å². The number of nitro groups is 1. The van der Waals surface area contributed by atoms with Crippen LogP contribution in [-0.2, 0) is 22.6 Å². The van der Waals surface area contributed by atoms with E-state index in [0.717, 1.165) is 5.56 Å². The van der Waals surface area contributed by atoms with Gasteiger partial charge in [-0.05, 0) is 29.7 Å². The summed E-state index contributed by atoms with van der Waals surface area (Å²) in [6.45, 7) is 0.0410. The summed E-state index contributed by atoms with van der Waals surface area (Å²) in [5.74, 6) is -0.498. The van der Waals surface area contributed by atoms with E-state index in [-0.39, 0.29) is 12.3 Å². The highest BCUT2D eigenvalue weighted by molar-refractivity contribution is 5.75. The zero-order chi connectivity index (χ0) is 15.9. The van der Waals surface area contributed by atoms with Crippen molar-refractivity contribution in [2.75, 3.05) is 0 Å². The minimum absolute atomic E-state index is 0.00384. The fourth-order valence-corrected chi connectivity index (χ4v) is 1.93. The van der Waals surface area contributed by atoms with Gasteiger partial charge in [-0.3, -0.25) is 14.9 Å². The number of hydrogen-bond acceptors (Lipinski definition) is 5. The van der Waals surface area contributed by atoms with E-state index in [1.165, 1.54) is 12.1 Å². The van der Waals surface area contributed by atoms with Crippen LogP contribution in [0.5, 0.6) is 0 Å². The zero-order valence-electron chi connectivity index (χ0n) is 11.8. The van der Waals surface area contributed by atoms with Crippen LogP contribution in [0.1, 0.15) is 11.1 Å². The number of non-ortho nitro benzene ring substituents is 1. The number of ether oxygens (including phenoxy) is 1. The van der Waals surface area contributed by atoms with Crippen molar-refractivity contribution in [1.82, 2.24) is 0 Å². The van der Waals surface area contributed by atoms with Gasteiger partial charge in [-0.1, -0.05) is 30.3 Å². The number of nitrogens with zero attached hydrogens (tertiary/aromatic N) is 1. The van der Waals surface area contributed by atoms with Gasteiger partial charge in [0, 0.05) is 12.1 Å². The highest BCUT2D eigenvalue weighted by atomic mass is 16.6. The summed E-state index contributed by atoms with van der Waals surface area (Å²) in [7, 11) is 0.